The molecule has 0 bridgehead atoms. The van der Waals surface area contributed by atoms with E-state index in [4.69, 9.17) is 0 Å². The summed E-state index contributed by atoms with van der Waals surface area (Å²) in [5, 5.41) is 3.53. The van der Waals surface area contributed by atoms with Crippen molar-refractivity contribution in [1.82, 2.24) is 9.62 Å². The van der Waals surface area contributed by atoms with Gasteiger partial charge in [0.2, 0.25) is 0 Å². The quantitative estimate of drug-likeness (QED) is 0.602. The van der Waals surface area contributed by atoms with E-state index in [9.17, 15) is 0 Å². The summed E-state index contributed by atoms with van der Waals surface area (Å²) in [6.45, 7) is 3.57. The van der Waals surface area contributed by atoms with Crippen molar-refractivity contribution in [2.75, 3.05) is 13.1 Å². The zero-order valence-corrected chi connectivity index (χ0v) is 15.4. The fourth-order valence-corrected chi connectivity index (χ4v) is 6.38. The van der Waals surface area contributed by atoms with Gasteiger partial charge >= 0.3 is 0 Å². The van der Waals surface area contributed by atoms with Crippen LogP contribution in [0.4, 0.5) is 0 Å². The number of alkyl halides is 1. The van der Waals surface area contributed by atoms with Gasteiger partial charge in [-0.15, -0.1) is 0 Å². The van der Waals surface area contributed by atoms with Crippen LogP contribution < -0.4 is 5.32 Å². The summed E-state index contributed by atoms with van der Waals surface area (Å²) < 4.78 is 2.70. The van der Waals surface area contributed by atoms with Crippen LogP contribution in [0.15, 0.2) is 29.2 Å². The number of hydrogen-bond donors (Lipinski definition) is 1. The van der Waals surface area contributed by atoms with Crippen LogP contribution >= 0.6 is 27.9 Å². The molecule has 0 aromatic heterocycles. The fraction of sp³-hybridized carbons (Fsp3) is 0.667. The number of fused-ring (bicyclic) bond motifs is 1. The molecule has 2 fully saturated rings. The van der Waals surface area contributed by atoms with Crippen LogP contribution in [0.5, 0.6) is 0 Å². The molecule has 2 nitrogen and oxygen atoms in total. The van der Waals surface area contributed by atoms with E-state index in [-0.39, 0.29) is 0 Å². The molecular formula is C18H25BrN2S. The lowest BCUT2D eigenvalue weighted by Gasteiger charge is -2.44. The van der Waals surface area contributed by atoms with Crippen LogP contribution in [0.3, 0.4) is 0 Å². The molecule has 2 aliphatic heterocycles. The molecule has 3 aliphatic rings. The van der Waals surface area contributed by atoms with Gasteiger partial charge in [-0.1, -0.05) is 34.1 Å². The predicted octanol–water partition coefficient (Wildman–Crippen LogP) is 4.44. The Morgan fingerprint density at radius 3 is 2.73 bits per heavy atom. The van der Waals surface area contributed by atoms with Gasteiger partial charge in [-0.3, -0.25) is 0 Å². The van der Waals surface area contributed by atoms with Crippen LogP contribution in [-0.2, 0) is 6.54 Å². The first-order valence-electron chi connectivity index (χ1n) is 8.68. The van der Waals surface area contributed by atoms with E-state index in [1.54, 1.807) is 0 Å². The third kappa shape index (κ3) is 3.12. The maximum atomic E-state index is 3.91. The SMILES string of the molecule is BrC1CCC(C2CCNCC2)C(N2Cc3ccccc3S2)C1. The Morgan fingerprint density at radius 2 is 1.91 bits per heavy atom. The topological polar surface area (TPSA) is 15.3 Å². The number of rotatable bonds is 2. The average molecular weight is 381 g/mol. The summed E-state index contributed by atoms with van der Waals surface area (Å²) in [7, 11) is 0. The van der Waals surface area contributed by atoms with Crippen LogP contribution in [0, 0.1) is 11.8 Å². The lowest BCUT2D eigenvalue weighted by atomic mass is 9.73. The van der Waals surface area contributed by atoms with Crippen LogP contribution in [0.25, 0.3) is 0 Å². The third-order valence-electron chi connectivity index (χ3n) is 5.68. The van der Waals surface area contributed by atoms with Gasteiger partial charge < -0.3 is 5.32 Å². The van der Waals surface area contributed by atoms with Crippen molar-refractivity contribution >= 4 is 27.9 Å². The number of halogens is 1. The van der Waals surface area contributed by atoms with E-state index in [1.807, 2.05) is 11.9 Å². The largest absolute Gasteiger partial charge is 0.317 e. The summed E-state index contributed by atoms with van der Waals surface area (Å²) in [5.41, 5.74) is 1.52. The Balaban J connectivity index is 1.52. The molecule has 22 heavy (non-hydrogen) atoms. The second-order valence-corrected chi connectivity index (χ2v) is 9.39. The Morgan fingerprint density at radius 1 is 1.09 bits per heavy atom. The molecule has 1 aromatic carbocycles. The van der Waals surface area contributed by atoms with Gasteiger partial charge in [0.05, 0.1) is 0 Å². The fourth-order valence-electron chi connectivity index (χ4n) is 4.51. The maximum absolute atomic E-state index is 3.91. The molecule has 3 atom stereocenters. The number of piperidine rings is 1. The highest BCUT2D eigenvalue weighted by atomic mass is 79.9. The maximum Gasteiger partial charge on any atom is 0.0358 e. The zero-order valence-electron chi connectivity index (χ0n) is 13.0. The molecule has 1 aromatic rings. The minimum atomic E-state index is 0.708. The molecule has 1 aliphatic carbocycles. The molecule has 0 radical (unpaired) electrons. The van der Waals surface area contributed by atoms with Gasteiger partial charge in [-0.25, -0.2) is 4.31 Å². The van der Waals surface area contributed by atoms with Crippen molar-refractivity contribution in [2.24, 2.45) is 11.8 Å². The van der Waals surface area contributed by atoms with Crippen molar-refractivity contribution < 1.29 is 0 Å². The standard InChI is InChI=1S/C18H25BrN2S/c19-15-5-6-16(13-7-9-20-10-8-13)17(11-15)21-12-14-3-1-2-4-18(14)22-21/h1-4,13,15-17,20H,5-12H2. The highest BCUT2D eigenvalue weighted by Crippen LogP contribution is 2.46. The van der Waals surface area contributed by atoms with Crippen molar-refractivity contribution in [3.05, 3.63) is 29.8 Å². The first kappa shape index (κ1) is 15.5. The first-order valence-corrected chi connectivity index (χ1v) is 10.4. The van der Waals surface area contributed by atoms with Crippen LogP contribution in [0.1, 0.15) is 37.7 Å². The average Bonchev–Trinajstić information content (AvgIpc) is 2.99. The summed E-state index contributed by atoms with van der Waals surface area (Å²) >= 11 is 5.92. The van der Waals surface area contributed by atoms with Crippen LogP contribution in [0.2, 0.25) is 0 Å². The smallest absolute Gasteiger partial charge is 0.0358 e. The number of benzene rings is 1. The van der Waals surface area contributed by atoms with Gasteiger partial charge in [0.25, 0.3) is 0 Å². The number of nitrogens with zero attached hydrogens (tertiary/aromatic N) is 1. The van der Waals surface area contributed by atoms with Gasteiger partial charge in [0, 0.05) is 22.3 Å². The first-order chi connectivity index (χ1) is 10.8. The Kier molecular flexibility index (Phi) is 4.82. The van der Waals surface area contributed by atoms with Gasteiger partial charge in [-0.05, 0) is 80.6 Å². The van der Waals surface area contributed by atoms with Crippen molar-refractivity contribution in [3.63, 3.8) is 0 Å². The highest BCUT2D eigenvalue weighted by molar-refractivity contribution is 9.09. The van der Waals surface area contributed by atoms with Gasteiger partial charge in [-0.2, -0.15) is 0 Å². The van der Waals surface area contributed by atoms with Crippen LogP contribution in [-0.4, -0.2) is 28.3 Å². The normalized spacial score (nSPS) is 33.8. The minimum absolute atomic E-state index is 0.708. The third-order valence-corrected chi connectivity index (χ3v) is 7.74. The van der Waals surface area contributed by atoms with E-state index in [0.717, 1.165) is 24.4 Å². The molecular weight excluding hydrogens is 356 g/mol. The monoisotopic (exact) mass is 380 g/mol. The minimum Gasteiger partial charge on any atom is -0.317 e. The molecule has 1 saturated carbocycles. The molecule has 1 saturated heterocycles. The van der Waals surface area contributed by atoms with E-state index in [0.29, 0.717) is 4.83 Å². The lowest BCUT2D eigenvalue weighted by Crippen LogP contribution is -2.45. The second kappa shape index (κ2) is 6.84. The van der Waals surface area contributed by atoms with E-state index >= 15 is 0 Å². The van der Waals surface area contributed by atoms with E-state index in [2.05, 4.69) is 49.8 Å². The Labute approximate surface area is 146 Å². The molecule has 0 spiro atoms. The van der Waals surface area contributed by atoms with Gasteiger partial charge in [0.15, 0.2) is 0 Å². The molecule has 4 rings (SSSR count). The molecule has 2 heterocycles. The Hall–Kier alpha value is -0.0300. The lowest BCUT2D eigenvalue weighted by molar-refractivity contribution is 0.117. The molecule has 4 heteroatoms. The zero-order chi connectivity index (χ0) is 14.9. The predicted molar refractivity (Wildman–Crippen MR) is 97.3 cm³/mol. The number of hydrogen-bond acceptors (Lipinski definition) is 3. The summed E-state index contributed by atoms with van der Waals surface area (Å²) in [5.74, 6) is 1.81. The van der Waals surface area contributed by atoms with E-state index < -0.39 is 0 Å². The Bertz CT molecular complexity index is 493. The molecule has 120 valence electrons. The van der Waals surface area contributed by atoms with Gasteiger partial charge in [0.1, 0.15) is 0 Å². The van der Waals surface area contributed by atoms with E-state index in [1.165, 1.54) is 55.7 Å². The van der Waals surface area contributed by atoms with Crippen molar-refractivity contribution in [3.8, 4) is 0 Å². The van der Waals surface area contributed by atoms with Crippen molar-refractivity contribution in [2.45, 2.75) is 54.4 Å². The van der Waals surface area contributed by atoms with Crippen molar-refractivity contribution in [1.29, 1.82) is 0 Å². The number of nitrogens with one attached hydrogen (secondary N) is 1. The summed E-state index contributed by atoms with van der Waals surface area (Å²) in [6, 6.07) is 9.68. The molecule has 3 unspecified atom stereocenters. The summed E-state index contributed by atoms with van der Waals surface area (Å²) in [6.07, 6.45) is 6.82. The molecule has 1 N–H and O–H groups in total. The summed E-state index contributed by atoms with van der Waals surface area (Å²) in [4.78, 5) is 2.18. The second-order valence-electron chi connectivity index (χ2n) is 7.00. The highest BCUT2D eigenvalue weighted by Gasteiger charge is 2.40. The molecule has 0 amide bonds.